The van der Waals surface area contributed by atoms with Crippen molar-refractivity contribution < 1.29 is 23.7 Å². The number of amides is 1. The predicted octanol–water partition coefficient (Wildman–Crippen LogP) is 0.882. The van der Waals surface area contributed by atoms with Crippen molar-refractivity contribution in [2.45, 2.75) is 13.2 Å². The molecule has 0 aliphatic carbocycles. The number of nitrogens with zero attached hydrogens (tertiary/aromatic N) is 3. The second kappa shape index (κ2) is 10.1. The molecule has 1 saturated heterocycles. The molecule has 162 valence electrons. The van der Waals surface area contributed by atoms with Gasteiger partial charge in [-0.1, -0.05) is 0 Å². The summed E-state index contributed by atoms with van der Waals surface area (Å²) < 4.78 is 22.4. The maximum absolute atomic E-state index is 12.8. The van der Waals surface area contributed by atoms with Crippen molar-refractivity contribution in [2.75, 3.05) is 57.8 Å². The van der Waals surface area contributed by atoms with E-state index in [4.69, 9.17) is 18.9 Å². The van der Waals surface area contributed by atoms with Gasteiger partial charge >= 0.3 is 0 Å². The van der Waals surface area contributed by atoms with Gasteiger partial charge in [0.25, 0.3) is 5.56 Å². The Hall–Kier alpha value is -3.11. The van der Waals surface area contributed by atoms with Crippen LogP contribution in [0.5, 0.6) is 11.5 Å². The first-order valence-corrected chi connectivity index (χ1v) is 9.50. The zero-order valence-corrected chi connectivity index (χ0v) is 17.3. The third-order valence-electron chi connectivity index (χ3n) is 4.61. The lowest BCUT2D eigenvalue weighted by atomic mass is 10.2. The molecule has 1 amide bonds. The van der Waals surface area contributed by atoms with Crippen LogP contribution in [0, 0.1) is 0 Å². The normalized spacial score (nSPS) is 13.8. The van der Waals surface area contributed by atoms with Gasteiger partial charge in [0.2, 0.25) is 11.9 Å². The molecule has 2 heterocycles. The topological polar surface area (TPSA) is 104 Å². The molecule has 0 radical (unpaired) electrons. The number of rotatable bonds is 8. The first kappa shape index (κ1) is 21.6. The zero-order valence-electron chi connectivity index (χ0n) is 17.3. The van der Waals surface area contributed by atoms with E-state index in [1.807, 2.05) is 4.90 Å². The van der Waals surface area contributed by atoms with Gasteiger partial charge in [-0.25, -0.2) is 4.98 Å². The van der Waals surface area contributed by atoms with Crippen LogP contribution in [0.3, 0.4) is 0 Å². The molecule has 10 nitrogen and oxygen atoms in total. The number of benzene rings is 1. The monoisotopic (exact) mass is 418 g/mol. The summed E-state index contributed by atoms with van der Waals surface area (Å²) >= 11 is 0. The zero-order chi connectivity index (χ0) is 21.5. The number of ether oxygens (including phenoxy) is 4. The van der Waals surface area contributed by atoms with Crippen molar-refractivity contribution >= 4 is 17.5 Å². The summed E-state index contributed by atoms with van der Waals surface area (Å²) in [6, 6.07) is 6.46. The molecule has 1 aromatic carbocycles. The molecule has 30 heavy (non-hydrogen) atoms. The first-order chi connectivity index (χ1) is 14.5. The van der Waals surface area contributed by atoms with E-state index in [1.54, 1.807) is 18.2 Å². The van der Waals surface area contributed by atoms with E-state index in [9.17, 15) is 9.59 Å². The van der Waals surface area contributed by atoms with Gasteiger partial charge in [-0.15, -0.1) is 0 Å². The lowest BCUT2D eigenvalue weighted by Crippen LogP contribution is -2.42. The highest BCUT2D eigenvalue weighted by Gasteiger charge is 2.20. The van der Waals surface area contributed by atoms with Crippen molar-refractivity contribution in [3.63, 3.8) is 0 Å². The van der Waals surface area contributed by atoms with Gasteiger partial charge in [-0.3, -0.25) is 14.2 Å². The Morgan fingerprint density at radius 1 is 1.17 bits per heavy atom. The molecule has 1 aliphatic heterocycles. The van der Waals surface area contributed by atoms with Gasteiger partial charge in [-0.2, -0.15) is 0 Å². The quantitative estimate of drug-likeness (QED) is 0.674. The number of carbonyl (C=O) groups is 1. The fraction of sp³-hybridized carbons (Fsp3) is 0.450. The van der Waals surface area contributed by atoms with E-state index in [0.29, 0.717) is 55.1 Å². The highest BCUT2D eigenvalue weighted by molar-refractivity contribution is 5.92. The van der Waals surface area contributed by atoms with Gasteiger partial charge in [-0.05, 0) is 12.1 Å². The molecule has 0 unspecified atom stereocenters. The Balaban J connectivity index is 1.88. The molecular weight excluding hydrogens is 392 g/mol. The predicted molar refractivity (Wildman–Crippen MR) is 110 cm³/mol. The van der Waals surface area contributed by atoms with E-state index in [2.05, 4.69) is 10.3 Å². The standard InChI is InChI=1S/C20H26N4O6/c1-27-13-14-10-19(26)24(20(21-14)23-6-8-30-9-7-23)12-18(25)22-16-11-15(28-2)4-5-17(16)29-3/h4-5,10-11H,6-9,12-13H2,1-3H3,(H,22,25). The minimum atomic E-state index is -0.389. The first-order valence-electron chi connectivity index (χ1n) is 9.50. The lowest BCUT2D eigenvalue weighted by Gasteiger charge is -2.29. The minimum Gasteiger partial charge on any atom is -0.497 e. The number of carbonyl (C=O) groups excluding carboxylic acids is 1. The summed E-state index contributed by atoms with van der Waals surface area (Å²) in [5.74, 6) is 1.09. The van der Waals surface area contributed by atoms with Crippen LogP contribution in [0.4, 0.5) is 11.6 Å². The molecule has 1 aromatic heterocycles. The number of nitrogens with one attached hydrogen (secondary N) is 1. The Morgan fingerprint density at radius 3 is 2.60 bits per heavy atom. The number of aromatic nitrogens is 2. The molecule has 0 spiro atoms. The van der Waals surface area contributed by atoms with Crippen LogP contribution < -0.4 is 25.2 Å². The molecule has 0 saturated carbocycles. The number of methoxy groups -OCH3 is 3. The summed E-state index contributed by atoms with van der Waals surface area (Å²) in [5, 5.41) is 2.78. The Morgan fingerprint density at radius 2 is 1.93 bits per heavy atom. The Bertz CT molecular complexity index is 939. The van der Waals surface area contributed by atoms with Crippen molar-refractivity contribution in [3.8, 4) is 11.5 Å². The average molecular weight is 418 g/mol. The molecule has 1 fully saturated rings. The van der Waals surface area contributed by atoms with E-state index in [-0.39, 0.29) is 24.6 Å². The van der Waals surface area contributed by atoms with Gasteiger partial charge in [0.15, 0.2) is 0 Å². The summed E-state index contributed by atoms with van der Waals surface area (Å²) in [6.07, 6.45) is 0. The molecule has 10 heteroatoms. The maximum Gasteiger partial charge on any atom is 0.255 e. The summed E-state index contributed by atoms with van der Waals surface area (Å²) in [5.41, 5.74) is 0.633. The molecule has 0 atom stereocenters. The van der Waals surface area contributed by atoms with Crippen LogP contribution in [-0.2, 0) is 27.4 Å². The van der Waals surface area contributed by atoms with Gasteiger partial charge < -0.3 is 29.2 Å². The fourth-order valence-electron chi connectivity index (χ4n) is 3.16. The fourth-order valence-corrected chi connectivity index (χ4v) is 3.16. The van der Waals surface area contributed by atoms with E-state index in [1.165, 1.54) is 32.0 Å². The van der Waals surface area contributed by atoms with Gasteiger partial charge in [0.1, 0.15) is 18.0 Å². The maximum atomic E-state index is 12.8. The van der Waals surface area contributed by atoms with Crippen molar-refractivity contribution in [3.05, 3.63) is 40.3 Å². The van der Waals surface area contributed by atoms with E-state index >= 15 is 0 Å². The summed E-state index contributed by atoms with van der Waals surface area (Å²) in [4.78, 5) is 32.0. The van der Waals surface area contributed by atoms with Crippen LogP contribution in [0.2, 0.25) is 0 Å². The minimum absolute atomic E-state index is 0.202. The van der Waals surface area contributed by atoms with Crippen LogP contribution in [0.1, 0.15) is 5.69 Å². The second-order valence-electron chi connectivity index (χ2n) is 6.62. The number of hydrogen-bond acceptors (Lipinski definition) is 8. The highest BCUT2D eigenvalue weighted by atomic mass is 16.5. The van der Waals surface area contributed by atoms with Crippen molar-refractivity contribution in [1.82, 2.24) is 9.55 Å². The second-order valence-corrected chi connectivity index (χ2v) is 6.62. The Kier molecular flexibility index (Phi) is 7.26. The third-order valence-corrected chi connectivity index (χ3v) is 4.61. The van der Waals surface area contributed by atoms with Crippen LogP contribution in [0.15, 0.2) is 29.1 Å². The van der Waals surface area contributed by atoms with Gasteiger partial charge in [0.05, 0.1) is 45.4 Å². The van der Waals surface area contributed by atoms with Gasteiger partial charge in [0, 0.05) is 32.3 Å². The summed E-state index contributed by atoms with van der Waals surface area (Å²) in [7, 11) is 4.59. The van der Waals surface area contributed by atoms with Crippen molar-refractivity contribution in [2.24, 2.45) is 0 Å². The summed E-state index contributed by atoms with van der Waals surface area (Å²) in [6.45, 7) is 2.21. The van der Waals surface area contributed by atoms with Crippen LogP contribution >= 0.6 is 0 Å². The largest absolute Gasteiger partial charge is 0.497 e. The molecule has 1 N–H and O–H groups in total. The number of anilines is 2. The Labute approximate surface area is 174 Å². The molecule has 3 rings (SSSR count). The van der Waals surface area contributed by atoms with Crippen LogP contribution in [0.25, 0.3) is 0 Å². The van der Waals surface area contributed by atoms with Crippen LogP contribution in [-0.4, -0.2) is 63.1 Å². The number of hydrogen-bond donors (Lipinski definition) is 1. The lowest BCUT2D eigenvalue weighted by molar-refractivity contribution is -0.116. The SMILES string of the molecule is COCc1cc(=O)n(CC(=O)Nc2cc(OC)ccc2OC)c(N2CCOCC2)n1. The smallest absolute Gasteiger partial charge is 0.255 e. The molecular formula is C20H26N4O6. The molecule has 2 aromatic rings. The van der Waals surface area contributed by atoms with E-state index < -0.39 is 0 Å². The molecule has 1 aliphatic rings. The van der Waals surface area contributed by atoms with E-state index in [0.717, 1.165) is 0 Å². The average Bonchev–Trinajstić information content (AvgIpc) is 2.76. The third kappa shape index (κ3) is 5.08. The van der Waals surface area contributed by atoms with Crippen molar-refractivity contribution in [1.29, 1.82) is 0 Å². The highest BCUT2D eigenvalue weighted by Crippen LogP contribution is 2.29. The molecule has 0 bridgehead atoms. The number of morpholine rings is 1.